The first-order valence-electron chi connectivity index (χ1n) is 13.5. The van der Waals surface area contributed by atoms with Crippen LogP contribution in [0.1, 0.15) is 37.8 Å². The molecule has 0 bridgehead atoms. The Kier molecular flexibility index (Phi) is 9.65. The predicted octanol–water partition coefficient (Wildman–Crippen LogP) is 3.90. The molecule has 0 radical (unpaired) electrons. The monoisotopic (exact) mass is 555 g/mol. The normalized spacial score (nSPS) is 14.7. The van der Waals surface area contributed by atoms with Crippen LogP contribution in [0.2, 0.25) is 0 Å². The molecule has 3 aromatic carbocycles. The molecule has 2 amide bonds. The van der Waals surface area contributed by atoms with E-state index in [9.17, 15) is 14.4 Å². The molecule has 214 valence electrons. The topological polar surface area (TPSA) is 94.5 Å². The Balaban J connectivity index is 1.66. The van der Waals surface area contributed by atoms with Gasteiger partial charge in [-0.15, -0.1) is 0 Å². The lowest BCUT2D eigenvalue weighted by Gasteiger charge is -2.26. The SMILES string of the molecule is COC(=O)c1ccc2c(c1)NC(=O)C2C(=Nc1ccc(C(=O)N(CCN(C)C)CCN(C)C)cc1)c1ccccc1. The van der Waals surface area contributed by atoms with E-state index >= 15 is 0 Å². The molecule has 9 heteroatoms. The number of hydrogen-bond acceptors (Lipinski definition) is 7. The summed E-state index contributed by atoms with van der Waals surface area (Å²) in [6, 6.07) is 21.8. The number of ether oxygens (including phenoxy) is 1. The summed E-state index contributed by atoms with van der Waals surface area (Å²) in [5, 5.41) is 2.89. The van der Waals surface area contributed by atoms with Crippen LogP contribution in [0.25, 0.3) is 0 Å². The molecule has 41 heavy (non-hydrogen) atoms. The van der Waals surface area contributed by atoms with Crippen LogP contribution >= 0.6 is 0 Å². The lowest BCUT2D eigenvalue weighted by Crippen LogP contribution is -2.40. The quantitative estimate of drug-likeness (QED) is 0.285. The van der Waals surface area contributed by atoms with Crippen molar-refractivity contribution in [2.75, 3.05) is 66.8 Å². The maximum atomic E-state index is 13.4. The summed E-state index contributed by atoms with van der Waals surface area (Å²) in [5.74, 6) is -1.40. The summed E-state index contributed by atoms with van der Waals surface area (Å²) in [6.45, 7) is 2.80. The average Bonchev–Trinajstić information content (AvgIpc) is 3.30. The zero-order valence-corrected chi connectivity index (χ0v) is 24.3. The first kappa shape index (κ1) is 29.6. The minimum atomic E-state index is -0.673. The first-order valence-corrected chi connectivity index (χ1v) is 13.5. The van der Waals surface area contributed by atoms with Gasteiger partial charge in [0.05, 0.1) is 24.1 Å². The summed E-state index contributed by atoms with van der Waals surface area (Å²) < 4.78 is 4.83. The minimum absolute atomic E-state index is 0.0296. The number of anilines is 1. The average molecular weight is 556 g/mol. The molecule has 9 nitrogen and oxygen atoms in total. The molecule has 0 fully saturated rings. The van der Waals surface area contributed by atoms with E-state index < -0.39 is 11.9 Å². The van der Waals surface area contributed by atoms with Crippen molar-refractivity contribution in [2.45, 2.75) is 5.92 Å². The molecular formula is C32H37N5O4. The lowest BCUT2D eigenvalue weighted by molar-refractivity contribution is -0.115. The van der Waals surface area contributed by atoms with E-state index in [2.05, 4.69) is 15.1 Å². The van der Waals surface area contributed by atoms with Crippen molar-refractivity contribution >= 4 is 34.9 Å². The molecule has 0 aliphatic carbocycles. The number of carbonyl (C=O) groups is 3. The largest absolute Gasteiger partial charge is 0.465 e. The Bertz CT molecular complexity index is 1410. The van der Waals surface area contributed by atoms with E-state index in [1.165, 1.54) is 7.11 Å². The molecule has 1 atom stereocenters. The van der Waals surface area contributed by atoms with E-state index in [-0.39, 0.29) is 11.8 Å². The third-order valence-electron chi connectivity index (χ3n) is 6.93. The molecule has 4 rings (SSSR count). The Labute approximate surface area is 241 Å². The van der Waals surface area contributed by atoms with Crippen LogP contribution in [0.5, 0.6) is 0 Å². The molecular weight excluding hydrogens is 518 g/mol. The number of likely N-dealkylation sites (N-methyl/N-ethyl adjacent to an activating group) is 2. The van der Waals surface area contributed by atoms with E-state index in [0.717, 1.165) is 24.2 Å². The van der Waals surface area contributed by atoms with Crippen molar-refractivity contribution in [2.24, 2.45) is 4.99 Å². The van der Waals surface area contributed by atoms with Gasteiger partial charge in [0.15, 0.2) is 0 Å². The van der Waals surface area contributed by atoms with Gasteiger partial charge in [-0.2, -0.15) is 0 Å². The third-order valence-corrected chi connectivity index (χ3v) is 6.93. The Morgan fingerprint density at radius 2 is 1.41 bits per heavy atom. The highest BCUT2D eigenvalue weighted by Gasteiger charge is 2.36. The van der Waals surface area contributed by atoms with Gasteiger partial charge in [-0.1, -0.05) is 36.4 Å². The van der Waals surface area contributed by atoms with Gasteiger partial charge >= 0.3 is 5.97 Å². The fourth-order valence-electron chi connectivity index (χ4n) is 4.64. The number of nitrogens with zero attached hydrogens (tertiary/aromatic N) is 4. The minimum Gasteiger partial charge on any atom is -0.465 e. The number of fused-ring (bicyclic) bond motifs is 1. The molecule has 0 saturated heterocycles. The summed E-state index contributed by atoms with van der Waals surface area (Å²) >= 11 is 0. The number of hydrogen-bond donors (Lipinski definition) is 1. The second-order valence-electron chi connectivity index (χ2n) is 10.5. The van der Waals surface area contributed by atoms with Crippen molar-refractivity contribution < 1.29 is 19.1 Å². The van der Waals surface area contributed by atoms with Gasteiger partial charge in [0.1, 0.15) is 5.92 Å². The van der Waals surface area contributed by atoms with Gasteiger partial charge in [0, 0.05) is 37.4 Å². The molecule has 1 N–H and O–H groups in total. The van der Waals surface area contributed by atoms with E-state index in [0.29, 0.717) is 41.3 Å². The van der Waals surface area contributed by atoms with Gasteiger partial charge in [0.25, 0.3) is 5.91 Å². The van der Waals surface area contributed by atoms with Crippen LogP contribution in [0, 0.1) is 0 Å². The number of benzene rings is 3. The molecule has 0 saturated carbocycles. The highest BCUT2D eigenvalue weighted by molar-refractivity contribution is 6.24. The van der Waals surface area contributed by atoms with Crippen LogP contribution in [0.4, 0.5) is 11.4 Å². The van der Waals surface area contributed by atoms with Crippen molar-refractivity contribution in [3.8, 4) is 0 Å². The number of rotatable bonds is 11. The Morgan fingerprint density at radius 3 is 2.00 bits per heavy atom. The van der Waals surface area contributed by atoms with Crippen molar-refractivity contribution in [3.63, 3.8) is 0 Å². The van der Waals surface area contributed by atoms with Gasteiger partial charge in [-0.25, -0.2) is 4.79 Å². The van der Waals surface area contributed by atoms with Crippen LogP contribution in [-0.4, -0.2) is 99.7 Å². The van der Waals surface area contributed by atoms with Crippen LogP contribution in [0.15, 0.2) is 77.8 Å². The summed E-state index contributed by atoms with van der Waals surface area (Å²) in [7, 11) is 9.29. The van der Waals surface area contributed by atoms with Gasteiger partial charge in [0.2, 0.25) is 5.91 Å². The maximum absolute atomic E-state index is 13.4. The summed E-state index contributed by atoms with van der Waals surface area (Å²) in [5.41, 5.74) is 4.23. The van der Waals surface area contributed by atoms with Crippen molar-refractivity contribution in [3.05, 3.63) is 95.1 Å². The molecule has 1 aliphatic heterocycles. The lowest BCUT2D eigenvalue weighted by atomic mass is 9.90. The second-order valence-corrected chi connectivity index (χ2v) is 10.5. The Hall–Kier alpha value is -4.34. The number of nitrogens with one attached hydrogen (secondary N) is 1. The number of amides is 2. The smallest absolute Gasteiger partial charge is 0.337 e. The van der Waals surface area contributed by atoms with Crippen molar-refractivity contribution in [1.29, 1.82) is 0 Å². The summed E-state index contributed by atoms with van der Waals surface area (Å²) in [4.78, 5) is 49.6. The zero-order chi connectivity index (χ0) is 29.5. The number of aliphatic imine (C=N–C) groups is 1. The van der Waals surface area contributed by atoms with Gasteiger partial charge in [-0.05, 0) is 75.7 Å². The van der Waals surface area contributed by atoms with E-state index in [1.807, 2.05) is 63.4 Å². The first-order chi connectivity index (χ1) is 19.7. The van der Waals surface area contributed by atoms with Crippen molar-refractivity contribution in [1.82, 2.24) is 14.7 Å². The second kappa shape index (κ2) is 13.3. The van der Waals surface area contributed by atoms with Gasteiger partial charge in [-0.3, -0.25) is 14.6 Å². The van der Waals surface area contributed by atoms with Crippen LogP contribution < -0.4 is 5.32 Å². The highest BCUT2D eigenvalue weighted by Crippen LogP contribution is 2.37. The zero-order valence-electron chi connectivity index (χ0n) is 24.3. The van der Waals surface area contributed by atoms with E-state index in [1.54, 1.807) is 42.5 Å². The molecule has 3 aromatic rings. The summed E-state index contributed by atoms with van der Waals surface area (Å²) in [6.07, 6.45) is 0. The molecule has 1 unspecified atom stereocenters. The Morgan fingerprint density at radius 1 is 0.805 bits per heavy atom. The van der Waals surface area contributed by atoms with Crippen LogP contribution in [0.3, 0.4) is 0 Å². The fourth-order valence-corrected chi connectivity index (χ4v) is 4.64. The van der Waals surface area contributed by atoms with Crippen LogP contribution in [-0.2, 0) is 9.53 Å². The molecule has 0 aromatic heterocycles. The molecule has 1 aliphatic rings. The maximum Gasteiger partial charge on any atom is 0.337 e. The fraction of sp³-hybridized carbons (Fsp3) is 0.312. The number of methoxy groups -OCH3 is 1. The predicted molar refractivity (Wildman–Crippen MR) is 161 cm³/mol. The standard InChI is InChI=1S/C32H37N5O4/c1-35(2)17-19-37(20-18-36(3)4)31(39)23-11-14-25(15-12-23)33-29(22-9-7-6-8-10-22)28-26-16-13-24(32(40)41-5)21-27(26)34-30(28)38/h6-16,21,28H,17-20H2,1-5H3,(H,34,38). The number of carbonyl (C=O) groups excluding carboxylic acids is 3. The number of esters is 1. The highest BCUT2D eigenvalue weighted by atomic mass is 16.5. The molecule has 0 spiro atoms. The van der Waals surface area contributed by atoms with E-state index in [4.69, 9.17) is 9.73 Å². The van der Waals surface area contributed by atoms with Gasteiger partial charge < -0.3 is 24.8 Å². The third kappa shape index (κ3) is 7.25. The molecule has 1 heterocycles.